The van der Waals surface area contributed by atoms with E-state index in [1.807, 2.05) is 19.2 Å². The summed E-state index contributed by atoms with van der Waals surface area (Å²) < 4.78 is 19.4. The van der Waals surface area contributed by atoms with Crippen molar-refractivity contribution in [3.05, 3.63) is 35.1 Å². The van der Waals surface area contributed by atoms with E-state index < -0.39 is 0 Å². The zero-order valence-corrected chi connectivity index (χ0v) is 12.5. The van der Waals surface area contributed by atoms with Crippen LogP contribution in [-0.2, 0) is 17.8 Å². The average molecular weight is 280 g/mol. The van der Waals surface area contributed by atoms with E-state index in [1.54, 1.807) is 6.07 Å². The zero-order chi connectivity index (χ0) is 14.4. The highest BCUT2D eigenvalue weighted by Crippen LogP contribution is 2.17. The first kappa shape index (κ1) is 15.4. The molecule has 1 saturated heterocycles. The van der Waals surface area contributed by atoms with Crippen molar-refractivity contribution in [2.24, 2.45) is 5.92 Å². The van der Waals surface area contributed by atoms with Gasteiger partial charge < -0.3 is 15.0 Å². The number of halogens is 1. The molecule has 1 aromatic carbocycles. The van der Waals surface area contributed by atoms with E-state index in [9.17, 15) is 4.39 Å². The van der Waals surface area contributed by atoms with Crippen LogP contribution in [0.2, 0.25) is 0 Å². The topological polar surface area (TPSA) is 24.5 Å². The Hall–Kier alpha value is -0.970. The molecule has 1 N–H and O–H groups in total. The standard InChI is InChI=1S/C16H25FN2O/c1-18-9-13-5-6-16(17)15(8-13)11-19(2)10-14-4-3-7-20-12-14/h5-6,8,14,18H,3-4,7,9-12H2,1-2H3. The van der Waals surface area contributed by atoms with E-state index in [0.717, 1.165) is 43.9 Å². The van der Waals surface area contributed by atoms with Crippen LogP contribution >= 0.6 is 0 Å². The van der Waals surface area contributed by atoms with Crippen LogP contribution in [0.15, 0.2) is 18.2 Å². The molecule has 0 radical (unpaired) electrons. The van der Waals surface area contributed by atoms with Gasteiger partial charge in [0.25, 0.3) is 0 Å². The van der Waals surface area contributed by atoms with E-state index in [-0.39, 0.29) is 5.82 Å². The molecule has 0 bridgehead atoms. The second-order valence-electron chi connectivity index (χ2n) is 5.74. The van der Waals surface area contributed by atoms with Gasteiger partial charge in [-0.2, -0.15) is 0 Å². The first-order chi connectivity index (χ1) is 9.69. The maximum Gasteiger partial charge on any atom is 0.127 e. The molecule has 1 atom stereocenters. The Labute approximate surface area is 121 Å². The SMILES string of the molecule is CNCc1ccc(F)c(CN(C)CC2CCCOC2)c1. The van der Waals surface area contributed by atoms with Crippen LogP contribution in [0.3, 0.4) is 0 Å². The number of rotatable bonds is 6. The maximum atomic E-state index is 13.9. The van der Waals surface area contributed by atoms with Crippen LogP contribution in [0.1, 0.15) is 24.0 Å². The summed E-state index contributed by atoms with van der Waals surface area (Å²) in [5.74, 6) is 0.467. The van der Waals surface area contributed by atoms with Crippen LogP contribution in [-0.4, -0.2) is 38.8 Å². The normalized spacial score (nSPS) is 19.5. The van der Waals surface area contributed by atoms with E-state index in [1.165, 1.54) is 6.42 Å². The van der Waals surface area contributed by atoms with Crippen molar-refractivity contribution in [3.63, 3.8) is 0 Å². The van der Waals surface area contributed by atoms with E-state index in [2.05, 4.69) is 17.3 Å². The number of benzene rings is 1. The fraction of sp³-hybridized carbons (Fsp3) is 0.625. The van der Waals surface area contributed by atoms with Gasteiger partial charge in [0.15, 0.2) is 0 Å². The Morgan fingerprint density at radius 2 is 2.30 bits per heavy atom. The number of nitrogens with one attached hydrogen (secondary N) is 1. The summed E-state index contributed by atoms with van der Waals surface area (Å²) in [6.45, 7) is 4.12. The summed E-state index contributed by atoms with van der Waals surface area (Å²) in [4.78, 5) is 2.20. The highest BCUT2D eigenvalue weighted by Gasteiger charge is 2.16. The van der Waals surface area contributed by atoms with Crippen molar-refractivity contribution in [2.75, 3.05) is 33.9 Å². The summed E-state index contributed by atoms with van der Waals surface area (Å²) in [6, 6.07) is 5.36. The van der Waals surface area contributed by atoms with Crippen molar-refractivity contribution in [3.8, 4) is 0 Å². The molecule has 20 heavy (non-hydrogen) atoms. The van der Waals surface area contributed by atoms with Gasteiger partial charge in [0, 0.05) is 31.8 Å². The first-order valence-corrected chi connectivity index (χ1v) is 7.37. The third kappa shape index (κ3) is 4.54. The van der Waals surface area contributed by atoms with Gasteiger partial charge in [-0.3, -0.25) is 0 Å². The third-order valence-electron chi connectivity index (χ3n) is 3.76. The van der Waals surface area contributed by atoms with E-state index >= 15 is 0 Å². The summed E-state index contributed by atoms with van der Waals surface area (Å²) in [5, 5.41) is 3.10. The number of hydrogen-bond acceptors (Lipinski definition) is 3. The number of hydrogen-bond donors (Lipinski definition) is 1. The van der Waals surface area contributed by atoms with E-state index in [0.29, 0.717) is 12.5 Å². The minimum absolute atomic E-state index is 0.114. The maximum absolute atomic E-state index is 13.9. The largest absolute Gasteiger partial charge is 0.381 e. The molecule has 3 nitrogen and oxygen atoms in total. The zero-order valence-electron chi connectivity index (χ0n) is 12.5. The van der Waals surface area contributed by atoms with Crippen LogP contribution in [0.25, 0.3) is 0 Å². The van der Waals surface area contributed by atoms with Crippen molar-refractivity contribution >= 4 is 0 Å². The van der Waals surface area contributed by atoms with Gasteiger partial charge in [-0.1, -0.05) is 12.1 Å². The molecule has 0 spiro atoms. The summed E-state index contributed by atoms with van der Waals surface area (Å²) in [7, 11) is 3.96. The first-order valence-electron chi connectivity index (χ1n) is 7.37. The molecule has 1 aliphatic heterocycles. The van der Waals surface area contributed by atoms with Crippen LogP contribution < -0.4 is 5.32 Å². The number of ether oxygens (including phenoxy) is 1. The highest BCUT2D eigenvalue weighted by atomic mass is 19.1. The second kappa shape index (κ2) is 7.72. The summed E-state index contributed by atoms with van der Waals surface area (Å²) in [5.41, 5.74) is 1.90. The summed E-state index contributed by atoms with van der Waals surface area (Å²) in [6.07, 6.45) is 2.36. The number of nitrogens with zero attached hydrogens (tertiary/aromatic N) is 1. The Bertz CT molecular complexity index is 419. The van der Waals surface area contributed by atoms with Gasteiger partial charge in [-0.25, -0.2) is 4.39 Å². The van der Waals surface area contributed by atoms with Crippen LogP contribution in [0.5, 0.6) is 0 Å². The smallest absolute Gasteiger partial charge is 0.127 e. The van der Waals surface area contributed by atoms with Crippen LogP contribution in [0, 0.1) is 11.7 Å². The lowest BCUT2D eigenvalue weighted by atomic mass is 10.0. The Morgan fingerprint density at radius 3 is 3.00 bits per heavy atom. The van der Waals surface area contributed by atoms with Gasteiger partial charge in [0.05, 0.1) is 6.61 Å². The van der Waals surface area contributed by atoms with Crippen molar-refractivity contribution < 1.29 is 9.13 Å². The lowest BCUT2D eigenvalue weighted by Crippen LogP contribution is -2.30. The molecule has 1 heterocycles. The fourth-order valence-corrected chi connectivity index (χ4v) is 2.81. The average Bonchev–Trinajstić information content (AvgIpc) is 2.44. The highest BCUT2D eigenvalue weighted by molar-refractivity contribution is 5.25. The molecule has 0 amide bonds. The van der Waals surface area contributed by atoms with Crippen LogP contribution in [0.4, 0.5) is 4.39 Å². The molecule has 112 valence electrons. The Balaban J connectivity index is 1.92. The Morgan fingerprint density at radius 1 is 1.45 bits per heavy atom. The predicted octanol–water partition coefficient (Wildman–Crippen LogP) is 2.40. The minimum Gasteiger partial charge on any atom is -0.381 e. The lowest BCUT2D eigenvalue weighted by molar-refractivity contribution is 0.0410. The summed E-state index contributed by atoms with van der Waals surface area (Å²) >= 11 is 0. The Kier molecular flexibility index (Phi) is 5.95. The molecule has 0 aromatic heterocycles. The van der Waals surface area contributed by atoms with Crippen molar-refractivity contribution in [1.82, 2.24) is 10.2 Å². The van der Waals surface area contributed by atoms with E-state index in [4.69, 9.17) is 4.74 Å². The molecule has 1 fully saturated rings. The van der Waals surface area contributed by atoms with Crippen molar-refractivity contribution in [1.29, 1.82) is 0 Å². The molecule has 0 saturated carbocycles. The van der Waals surface area contributed by atoms with Crippen molar-refractivity contribution in [2.45, 2.75) is 25.9 Å². The molecular formula is C16H25FN2O. The van der Waals surface area contributed by atoms with Gasteiger partial charge >= 0.3 is 0 Å². The second-order valence-corrected chi connectivity index (χ2v) is 5.74. The monoisotopic (exact) mass is 280 g/mol. The quantitative estimate of drug-likeness (QED) is 0.866. The molecule has 2 rings (SSSR count). The molecule has 4 heteroatoms. The fourth-order valence-electron chi connectivity index (χ4n) is 2.81. The lowest BCUT2D eigenvalue weighted by Gasteiger charge is -2.27. The predicted molar refractivity (Wildman–Crippen MR) is 79.0 cm³/mol. The van der Waals surface area contributed by atoms with Gasteiger partial charge in [0.1, 0.15) is 5.82 Å². The van der Waals surface area contributed by atoms with Gasteiger partial charge in [-0.05, 0) is 44.5 Å². The molecule has 1 aromatic rings. The third-order valence-corrected chi connectivity index (χ3v) is 3.76. The van der Waals surface area contributed by atoms with Gasteiger partial charge in [-0.15, -0.1) is 0 Å². The molecule has 1 unspecified atom stereocenters. The molecule has 1 aliphatic rings. The molecular weight excluding hydrogens is 255 g/mol. The molecule has 0 aliphatic carbocycles. The minimum atomic E-state index is -0.114. The van der Waals surface area contributed by atoms with Gasteiger partial charge in [0.2, 0.25) is 0 Å².